The number of carboxylic acids is 1. The second-order valence-corrected chi connectivity index (χ2v) is 6.45. The summed E-state index contributed by atoms with van der Waals surface area (Å²) in [4.78, 5) is 23.2. The van der Waals surface area contributed by atoms with Crippen LogP contribution in [0.3, 0.4) is 0 Å². The number of halogens is 1. The van der Waals surface area contributed by atoms with Crippen LogP contribution in [0.1, 0.15) is 37.7 Å². The average molecular weight is 349 g/mol. The Labute approximate surface area is 136 Å². The average Bonchev–Trinajstić information content (AvgIpc) is 3.01. The van der Waals surface area contributed by atoms with Gasteiger partial charge in [0, 0.05) is 13.1 Å². The molecule has 0 aromatic heterocycles. The molecule has 1 aromatic rings. The quantitative estimate of drug-likeness (QED) is 0.805. The molecule has 0 aliphatic carbocycles. The molecule has 0 unspecified atom stereocenters. The van der Waals surface area contributed by atoms with Gasteiger partial charge in [-0.2, -0.15) is 12.7 Å². The van der Waals surface area contributed by atoms with Crippen molar-refractivity contribution in [3.05, 3.63) is 29.1 Å². The molecule has 1 heterocycles. The minimum Gasteiger partial charge on any atom is -0.496 e. The van der Waals surface area contributed by atoms with Crippen LogP contribution in [0.2, 0.25) is 0 Å². The number of rotatable bonds is 5. The zero-order valence-electron chi connectivity index (χ0n) is 14.7. The van der Waals surface area contributed by atoms with Gasteiger partial charge in [-0.05, 0) is 25.0 Å². The standard InChI is InChI=1S/C13H15FN2O6S/c1-22-11-7-8(13(18)19)10(14)6-9(11)12(17)15-23(20,21)16-4-2-3-5-16/h6-7H,2-5H2,1H3,(H,15,17)(H,18,19)/i1D3. The Morgan fingerprint density at radius 1 is 1.35 bits per heavy atom. The van der Waals surface area contributed by atoms with Crippen LogP contribution in [-0.4, -0.2) is 49.8 Å². The fourth-order valence-corrected chi connectivity index (χ4v) is 3.36. The summed E-state index contributed by atoms with van der Waals surface area (Å²) in [5, 5.41) is 8.91. The number of benzene rings is 1. The highest BCUT2D eigenvalue weighted by molar-refractivity contribution is 7.87. The van der Waals surface area contributed by atoms with Crippen molar-refractivity contribution in [3.63, 3.8) is 0 Å². The molecule has 2 N–H and O–H groups in total. The first kappa shape index (κ1) is 13.3. The molecule has 2 rings (SSSR count). The number of hydrogen-bond donors (Lipinski definition) is 2. The molecule has 23 heavy (non-hydrogen) atoms. The van der Waals surface area contributed by atoms with E-state index < -0.39 is 51.8 Å². The van der Waals surface area contributed by atoms with Crippen LogP contribution in [0, 0.1) is 5.82 Å². The summed E-state index contributed by atoms with van der Waals surface area (Å²) in [6.07, 6.45) is 1.23. The zero-order chi connectivity index (χ0) is 19.7. The van der Waals surface area contributed by atoms with Gasteiger partial charge < -0.3 is 9.84 Å². The minimum atomic E-state index is -4.21. The largest absolute Gasteiger partial charge is 0.496 e. The van der Waals surface area contributed by atoms with Crippen LogP contribution in [-0.2, 0) is 10.2 Å². The number of carbonyl (C=O) groups is 2. The molecular formula is C13H15FN2O6S. The number of carboxylic acid groups (broad SMARTS) is 1. The molecule has 0 bridgehead atoms. The van der Waals surface area contributed by atoms with Crippen LogP contribution in [0.4, 0.5) is 4.39 Å². The van der Waals surface area contributed by atoms with Gasteiger partial charge in [-0.15, -0.1) is 0 Å². The highest BCUT2D eigenvalue weighted by Crippen LogP contribution is 2.24. The highest BCUT2D eigenvalue weighted by atomic mass is 32.2. The molecule has 10 heteroatoms. The first-order valence-electron chi connectivity index (χ1n) is 7.99. The summed E-state index contributed by atoms with van der Waals surface area (Å²) in [7, 11) is -7.28. The maximum Gasteiger partial charge on any atom is 0.338 e. The molecule has 0 spiro atoms. The third-order valence-corrected chi connectivity index (χ3v) is 4.77. The van der Waals surface area contributed by atoms with Gasteiger partial charge in [0.1, 0.15) is 11.6 Å². The molecule has 0 saturated carbocycles. The first-order valence-corrected chi connectivity index (χ1v) is 7.93. The lowest BCUT2D eigenvalue weighted by Gasteiger charge is -2.17. The van der Waals surface area contributed by atoms with Gasteiger partial charge in [-0.25, -0.2) is 13.9 Å². The van der Waals surface area contributed by atoms with Gasteiger partial charge in [0.05, 0.1) is 22.3 Å². The number of aromatic carboxylic acids is 1. The second-order valence-electron chi connectivity index (χ2n) is 4.78. The van der Waals surface area contributed by atoms with Crippen molar-refractivity contribution in [2.24, 2.45) is 0 Å². The summed E-state index contributed by atoms with van der Waals surface area (Å²) >= 11 is 0. The van der Waals surface area contributed by atoms with Gasteiger partial charge in [-0.1, -0.05) is 0 Å². The lowest BCUT2D eigenvalue weighted by atomic mass is 10.1. The van der Waals surface area contributed by atoms with E-state index in [0.29, 0.717) is 25.0 Å². The summed E-state index contributed by atoms with van der Waals surface area (Å²) in [6.45, 7) is 0.404. The van der Waals surface area contributed by atoms with Crippen molar-refractivity contribution in [2.45, 2.75) is 12.8 Å². The molecule has 1 aliphatic rings. The van der Waals surface area contributed by atoms with Gasteiger partial charge in [0.2, 0.25) is 0 Å². The Hall–Kier alpha value is -2.20. The Balaban J connectivity index is 2.41. The van der Waals surface area contributed by atoms with E-state index in [1.54, 1.807) is 4.72 Å². The molecule has 1 aliphatic heterocycles. The van der Waals surface area contributed by atoms with E-state index in [9.17, 15) is 22.4 Å². The van der Waals surface area contributed by atoms with Gasteiger partial charge in [0.25, 0.3) is 5.91 Å². The lowest BCUT2D eigenvalue weighted by Crippen LogP contribution is -2.42. The van der Waals surface area contributed by atoms with Crippen molar-refractivity contribution in [1.29, 1.82) is 0 Å². The van der Waals surface area contributed by atoms with Crippen molar-refractivity contribution in [3.8, 4) is 5.75 Å². The van der Waals surface area contributed by atoms with E-state index in [4.69, 9.17) is 9.22 Å². The number of methoxy groups -OCH3 is 1. The van der Waals surface area contributed by atoms with Crippen LogP contribution < -0.4 is 9.46 Å². The summed E-state index contributed by atoms with van der Waals surface area (Å²) in [6, 6.07) is 0.931. The van der Waals surface area contributed by atoms with E-state index in [0.717, 1.165) is 4.31 Å². The SMILES string of the molecule is [2H]C([2H])([2H])Oc1cc(C(=O)O)c(F)cc1C(=O)NS(=O)(=O)N1CCCC1. The molecule has 0 atom stereocenters. The highest BCUT2D eigenvalue weighted by Gasteiger charge is 2.29. The Kier molecular flexibility index (Phi) is 3.75. The van der Waals surface area contributed by atoms with E-state index in [-0.39, 0.29) is 13.1 Å². The van der Waals surface area contributed by atoms with Crippen LogP contribution in [0.5, 0.6) is 5.75 Å². The fourth-order valence-electron chi connectivity index (χ4n) is 2.14. The maximum atomic E-state index is 13.9. The minimum absolute atomic E-state index is 0.202. The zero-order valence-corrected chi connectivity index (χ0v) is 12.5. The first-order chi connectivity index (χ1) is 11.9. The number of ether oxygens (including phenoxy) is 1. The molecule has 0 radical (unpaired) electrons. The van der Waals surface area contributed by atoms with E-state index in [2.05, 4.69) is 4.74 Å². The molecule has 1 saturated heterocycles. The van der Waals surface area contributed by atoms with Gasteiger partial charge in [0.15, 0.2) is 0 Å². The monoisotopic (exact) mass is 349 g/mol. The number of nitrogens with one attached hydrogen (secondary N) is 1. The Bertz CT molecular complexity index is 837. The van der Waals surface area contributed by atoms with Crippen LogP contribution in [0.25, 0.3) is 0 Å². The molecule has 126 valence electrons. The van der Waals surface area contributed by atoms with Crippen LogP contribution in [0.15, 0.2) is 12.1 Å². The number of nitrogens with zero attached hydrogens (tertiary/aromatic N) is 1. The molecule has 1 amide bonds. The van der Waals surface area contributed by atoms with E-state index in [1.165, 1.54) is 0 Å². The summed E-state index contributed by atoms with van der Waals surface area (Å²) in [5.41, 5.74) is -1.69. The summed E-state index contributed by atoms with van der Waals surface area (Å²) < 4.78 is 66.6. The lowest BCUT2D eigenvalue weighted by molar-refractivity contribution is 0.0690. The number of hydrogen-bond acceptors (Lipinski definition) is 5. The topological polar surface area (TPSA) is 113 Å². The maximum absolute atomic E-state index is 13.9. The Morgan fingerprint density at radius 2 is 2.00 bits per heavy atom. The third kappa shape index (κ3) is 3.59. The van der Waals surface area contributed by atoms with Crippen molar-refractivity contribution in [1.82, 2.24) is 9.03 Å². The van der Waals surface area contributed by atoms with Crippen molar-refractivity contribution >= 4 is 22.1 Å². The smallest absolute Gasteiger partial charge is 0.338 e. The molecule has 8 nitrogen and oxygen atoms in total. The van der Waals surface area contributed by atoms with Crippen molar-refractivity contribution < 1.29 is 36.4 Å². The van der Waals surface area contributed by atoms with E-state index >= 15 is 0 Å². The Morgan fingerprint density at radius 3 is 2.57 bits per heavy atom. The van der Waals surface area contributed by atoms with E-state index in [1.807, 2.05) is 0 Å². The number of carbonyl (C=O) groups excluding carboxylic acids is 1. The predicted molar refractivity (Wildman–Crippen MR) is 77.1 cm³/mol. The van der Waals surface area contributed by atoms with Crippen LogP contribution >= 0.6 is 0 Å². The molecule has 1 aromatic carbocycles. The van der Waals surface area contributed by atoms with Crippen molar-refractivity contribution in [2.75, 3.05) is 20.1 Å². The normalized spacial score (nSPS) is 17.9. The van der Waals surface area contributed by atoms with Gasteiger partial charge >= 0.3 is 16.2 Å². The summed E-state index contributed by atoms with van der Waals surface area (Å²) in [5.74, 6) is -5.18. The van der Waals surface area contributed by atoms with Gasteiger partial charge in [-0.3, -0.25) is 4.79 Å². The molecular weight excluding hydrogens is 331 g/mol. The molecule has 1 fully saturated rings. The second kappa shape index (κ2) is 6.50. The third-order valence-electron chi connectivity index (χ3n) is 3.28. The predicted octanol–water partition coefficient (Wildman–Crippen LogP) is 0.603. The number of amides is 1. The fraction of sp³-hybridized carbons (Fsp3) is 0.385.